The summed E-state index contributed by atoms with van der Waals surface area (Å²) in [5, 5.41) is 4.39. The molecule has 0 bridgehead atoms. The molecule has 26 heavy (non-hydrogen) atoms. The van der Waals surface area contributed by atoms with Gasteiger partial charge in [0.05, 0.1) is 5.92 Å². The Morgan fingerprint density at radius 1 is 1.15 bits per heavy atom. The van der Waals surface area contributed by atoms with Crippen molar-refractivity contribution < 1.29 is 4.42 Å². The number of benzene rings is 1. The van der Waals surface area contributed by atoms with Gasteiger partial charge in [0.1, 0.15) is 17.7 Å². The van der Waals surface area contributed by atoms with E-state index in [2.05, 4.69) is 26.9 Å². The van der Waals surface area contributed by atoms with Crippen LogP contribution in [0.4, 0.5) is 5.82 Å². The number of anilines is 1. The lowest BCUT2D eigenvalue weighted by Crippen LogP contribution is -2.36. The molecule has 7 heteroatoms. The molecule has 1 aromatic carbocycles. The molecule has 0 unspecified atom stereocenters. The minimum Gasteiger partial charge on any atom is -0.440 e. The van der Waals surface area contributed by atoms with Gasteiger partial charge in [0.15, 0.2) is 11.5 Å². The zero-order valence-electron chi connectivity index (χ0n) is 14.9. The zero-order chi connectivity index (χ0) is 17.7. The summed E-state index contributed by atoms with van der Waals surface area (Å²) in [6.07, 6.45) is 3.72. The fraction of sp³-hybridized carbons (Fsp3) is 0.368. The van der Waals surface area contributed by atoms with Crippen LogP contribution in [0.3, 0.4) is 0 Å². The lowest BCUT2D eigenvalue weighted by atomic mass is 9.97. The van der Waals surface area contributed by atoms with Gasteiger partial charge in [-0.25, -0.2) is 9.97 Å². The van der Waals surface area contributed by atoms with Crippen molar-refractivity contribution >= 4 is 22.7 Å². The molecule has 0 spiro atoms. The van der Waals surface area contributed by atoms with Crippen molar-refractivity contribution in [3.05, 3.63) is 47.7 Å². The Hall–Kier alpha value is -2.96. The van der Waals surface area contributed by atoms with Crippen LogP contribution >= 0.6 is 0 Å². The van der Waals surface area contributed by atoms with E-state index in [9.17, 15) is 0 Å². The first-order valence-electron chi connectivity index (χ1n) is 8.98. The number of hydrogen-bond acceptors (Lipinski definition) is 6. The topological polar surface area (TPSA) is 72.3 Å². The molecule has 0 aliphatic carbocycles. The Kier molecular flexibility index (Phi) is 3.41. The minimum atomic E-state index is 0.266. The normalized spacial score (nSPS) is 18.1. The summed E-state index contributed by atoms with van der Waals surface area (Å²) in [5.74, 6) is 2.81. The van der Waals surface area contributed by atoms with E-state index in [1.165, 1.54) is 0 Å². The van der Waals surface area contributed by atoms with E-state index >= 15 is 0 Å². The number of oxazole rings is 1. The number of piperidine rings is 1. The maximum atomic E-state index is 6.03. The van der Waals surface area contributed by atoms with E-state index in [-0.39, 0.29) is 5.92 Å². The van der Waals surface area contributed by atoms with E-state index < -0.39 is 0 Å². The SMILES string of the molecule is Cc1nc2ncnn2c(N2CCC[C@@H](c3nc4ccccc4o3)C2)c1C. The van der Waals surface area contributed by atoms with E-state index in [0.717, 1.165) is 60.0 Å². The van der Waals surface area contributed by atoms with Gasteiger partial charge in [-0.3, -0.25) is 0 Å². The Morgan fingerprint density at radius 3 is 2.92 bits per heavy atom. The molecule has 4 aromatic rings. The number of aromatic nitrogens is 5. The third-order valence-electron chi connectivity index (χ3n) is 5.26. The fourth-order valence-electron chi connectivity index (χ4n) is 3.82. The van der Waals surface area contributed by atoms with Crippen LogP contribution in [0.1, 0.15) is 35.9 Å². The zero-order valence-corrected chi connectivity index (χ0v) is 14.9. The molecule has 3 aromatic heterocycles. The van der Waals surface area contributed by atoms with Gasteiger partial charge in [-0.2, -0.15) is 14.6 Å². The smallest absolute Gasteiger partial charge is 0.254 e. The monoisotopic (exact) mass is 348 g/mol. The van der Waals surface area contributed by atoms with Crippen molar-refractivity contribution in [2.24, 2.45) is 0 Å². The number of rotatable bonds is 2. The van der Waals surface area contributed by atoms with Gasteiger partial charge >= 0.3 is 0 Å². The standard InChI is InChI=1S/C19H20N6O/c1-12-13(2)22-19-20-11-21-25(19)18(12)24-9-5-6-14(10-24)17-23-15-7-3-4-8-16(15)26-17/h3-4,7-8,11,14H,5-6,9-10H2,1-2H3/t14-/m1/s1. The maximum Gasteiger partial charge on any atom is 0.254 e. The Balaban J connectivity index is 1.53. The lowest BCUT2D eigenvalue weighted by Gasteiger charge is -2.34. The first kappa shape index (κ1) is 15.3. The number of hydrogen-bond donors (Lipinski definition) is 0. The van der Waals surface area contributed by atoms with Crippen LogP contribution in [0.25, 0.3) is 16.9 Å². The van der Waals surface area contributed by atoms with Crippen molar-refractivity contribution in [2.75, 3.05) is 18.0 Å². The van der Waals surface area contributed by atoms with Crippen LogP contribution in [0.2, 0.25) is 0 Å². The van der Waals surface area contributed by atoms with E-state index in [1.807, 2.05) is 35.7 Å². The molecule has 7 nitrogen and oxygen atoms in total. The van der Waals surface area contributed by atoms with Gasteiger partial charge < -0.3 is 9.32 Å². The predicted octanol–water partition coefficient (Wildman–Crippen LogP) is 3.27. The highest BCUT2D eigenvalue weighted by Crippen LogP contribution is 2.33. The summed E-state index contributed by atoms with van der Waals surface area (Å²) >= 11 is 0. The number of aryl methyl sites for hydroxylation is 1. The molecule has 0 amide bonds. The first-order chi connectivity index (χ1) is 12.7. The average molecular weight is 348 g/mol. The Bertz CT molecular complexity index is 1070. The average Bonchev–Trinajstić information content (AvgIpc) is 3.29. The molecule has 1 aliphatic rings. The highest BCUT2D eigenvalue weighted by Gasteiger charge is 2.28. The molecule has 1 atom stereocenters. The van der Waals surface area contributed by atoms with Crippen LogP contribution in [-0.2, 0) is 0 Å². The van der Waals surface area contributed by atoms with Gasteiger partial charge in [0.2, 0.25) is 0 Å². The first-order valence-corrected chi connectivity index (χ1v) is 8.98. The Labute approximate surface area is 150 Å². The molecule has 5 rings (SSSR count). The van der Waals surface area contributed by atoms with Gasteiger partial charge in [0, 0.05) is 24.3 Å². The second-order valence-corrected chi connectivity index (χ2v) is 6.92. The second kappa shape index (κ2) is 5.79. The molecule has 132 valence electrons. The van der Waals surface area contributed by atoms with Crippen LogP contribution in [0.15, 0.2) is 35.0 Å². The summed E-state index contributed by atoms with van der Waals surface area (Å²) in [6.45, 7) is 5.96. The van der Waals surface area contributed by atoms with Crippen LogP contribution in [0, 0.1) is 13.8 Å². The summed E-state index contributed by atoms with van der Waals surface area (Å²) in [6, 6.07) is 7.95. The minimum absolute atomic E-state index is 0.266. The highest BCUT2D eigenvalue weighted by atomic mass is 16.3. The number of nitrogens with zero attached hydrogens (tertiary/aromatic N) is 6. The second-order valence-electron chi connectivity index (χ2n) is 6.92. The predicted molar refractivity (Wildman–Crippen MR) is 98.5 cm³/mol. The fourth-order valence-corrected chi connectivity index (χ4v) is 3.82. The van der Waals surface area contributed by atoms with Crippen molar-refractivity contribution in [1.82, 2.24) is 24.6 Å². The lowest BCUT2D eigenvalue weighted by molar-refractivity contribution is 0.411. The Morgan fingerprint density at radius 2 is 2.04 bits per heavy atom. The molecule has 1 saturated heterocycles. The highest BCUT2D eigenvalue weighted by molar-refractivity contribution is 5.72. The molecule has 0 radical (unpaired) electrons. The summed E-state index contributed by atoms with van der Waals surface area (Å²) in [7, 11) is 0. The summed E-state index contributed by atoms with van der Waals surface area (Å²) in [4.78, 5) is 15.9. The largest absolute Gasteiger partial charge is 0.440 e. The molecule has 1 fully saturated rings. The molecular formula is C19H20N6O. The van der Waals surface area contributed by atoms with Crippen molar-refractivity contribution in [3.63, 3.8) is 0 Å². The summed E-state index contributed by atoms with van der Waals surface area (Å²) in [5.41, 5.74) is 3.91. The molecular weight excluding hydrogens is 328 g/mol. The van der Waals surface area contributed by atoms with E-state index in [0.29, 0.717) is 5.78 Å². The third kappa shape index (κ3) is 2.34. The van der Waals surface area contributed by atoms with Gasteiger partial charge in [0.25, 0.3) is 5.78 Å². The van der Waals surface area contributed by atoms with E-state index in [1.54, 1.807) is 6.33 Å². The molecule has 4 heterocycles. The number of fused-ring (bicyclic) bond motifs is 2. The molecule has 0 N–H and O–H groups in total. The molecule has 0 saturated carbocycles. The third-order valence-corrected chi connectivity index (χ3v) is 5.26. The quantitative estimate of drug-likeness (QED) is 0.554. The van der Waals surface area contributed by atoms with E-state index in [4.69, 9.17) is 9.40 Å². The molecule has 1 aliphatic heterocycles. The van der Waals surface area contributed by atoms with Crippen molar-refractivity contribution in [1.29, 1.82) is 0 Å². The van der Waals surface area contributed by atoms with Gasteiger partial charge in [-0.15, -0.1) is 0 Å². The van der Waals surface area contributed by atoms with Crippen LogP contribution in [0.5, 0.6) is 0 Å². The maximum absolute atomic E-state index is 6.03. The van der Waals surface area contributed by atoms with Gasteiger partial charge in [-0.05, 0) is 38.8 Å². The van der Waals surface area contributed by atoms with Crippen LogP contribution in [-0.4, -0.2) is 37.7 Å². The summed E-state index contributed by atoms with van der Waals surface area (Å²) < 4.78 is 7.88. The van der Waals surface area contributed by atoms with Crippen molar-refractivity contribution in [3.8, 4) is 0 Å². The van der Waals surface area contributed by atoms with Gasteiger partial charge in [-0.1, -0.05) is 12.1 Å². The van der Waals surface area contributed by atoms with Crippen LogP contribution < -0.4 is 4.90 Å². The number of para-hydroxylation sites is 2. The van der Waals surface area contributed by atoms with Crippen molar-refractivity contribution in [2.45, 2.75) is 32.6 Å².